The van der Waals surface area contributed by atoms with Gasteiger partial charge in [0, 0.05) is 13.3 Å². The Balaban J connectivity index is 2.34. The summed E-state index contributed by atoms with van der Waals surface area (Å²) >= 11 is 4.87. The molecule has 1 aromatic rings. The maximum atomic E-state index is 5.53. The molecule has 0 spiro atoms. The molecule has 6 heteroatoms. The van der Waals surface area contributed by atoms with Crippen LogP contribution in [0.4, 0.5) is 0 Å². The van der Waals surface area contributed by atoms with Crippen LogP contribution in [-0.2, 0) is 9.47 Å². The number of nitrogens with zero attached hydrogens (tertiary/aromatic N) is 1. The smallest absolute Gasteiger partial charge is 0.148 e. The molecule has 5 nitrogen and oxygen atoms in total. The van der Waals surface area contributed by atoms with Crippen molar-refractivity contribution in [3.8, 4) is 5.75 Å². The molecule has 0 amide bonds. The Labute approximate surface area is 106 Å². The standard InChI is InChI=1S/C11H16N2O3S/c1-14-5-6-15-7-8-16-9-3-2-4-13-10(9)11(12)17/h2-4H,5-8H2,1H3,(H2,12,17). The number of hydrogen-bond donors (Lipinski definition) is 1. The first-order valence-corrected chi connectivity index (χ1v) is 5.61. The van der Waals surface area contributed by atoms with Crippen LogP contribution in [0, 0.1) is 0 Å². The third-order valence-electron chi connectivity index (χ3n) is 1.92. The Morgan fingerprint density at radius 3 is 2.82 bits per heavy atom. The quantitative estimate of drug-likeness (QED) is 0.547. The van der Waals surface area contributed by atoms with Gasteiger partial charge < -0.3 is 19.9 Å². The van der Waals surface area contributed by atoms with E-state index in [-0.39, 0.29) is 4.99 Å². The van der Waals surface area contributed by atoms with Gasteiger partial charge in [-0.05, 0) is 12.1 Å². The van der Waals surface area contributed by atoms with Crippen LogP contribution >= 0.6 is 12.2 Å². The molecule has 17 heavy (non-hydrogen) atoms. The average Bonchev–Trinajstić information content (AvgIpc) is 2.34. The second kappa shape index (κ2) is 7.94. The van der Waals surface area contributed by atoms with Crippen molar-refractivity contribution >= 4 is 17.2 Å². The van der Waals surface area contributed by atoms with E-state index in [4.69, 9.17) is 32.2 Å². The highest BCUT2D eigenvalue weighted by molar-refractivity contribution is 7.80. The number of pyridine rings is 1. The van der Waals surface area contributed by atoms with Crippen molar-refractivity contribution in [3.05, 3.63) is 24.0 Å². The Hall–Kier alpha value is -1.24. The second-order valence-electron chi connectivity index (χ2n) is 3.17. The fourth-order valence-corrected chi connectivity index (χ4v) is 1.30. The van der Waals surface area contributed by atoms with E-state index in [1.54, 1.807) is 25.4 Å². The molecule has 0 atom stereocenters. The van der Waals surface area contributed by atoms with E-state index in [0.717, 1.165) is 0 Å². The van der Waals surface area contributed by atoms with E-state index < -0.39 is 0 Å². The fourth-order valence-electron chi connectivity index (χ4n) is 1.15. The van der Waals surface area contributed by atoms with Crippen molar-refractivity contribution in [2.45, 2.75) is 0 Å². The van der Waals surface area contributed by atoms with Crippen LogP contribution in [0.1, 0.15) is 5.69 Å². The first kappa shape index (κ1) is 13.8. The summed E-state index contributed by atoms with van der Waals surface area (Å²) in [5, 5.41) is 0. The van der Waals surface area contributed by atoms with Crippen molar-refractivity contribution in [1.29, 1.82) is 0 Å². The second-order valence-corrected chi connectivity index (χ2v) is 3.61. The van der Waals surface area contributed by atoms with E-state index in [1.807, 2.05) is 0 Å². The molecule has 2 N–H and O–H groups in total. The molecule has 0 radical (unpaired) electrons. The van der Waals surface area contributed by atoms with E-state index in [1.165, 1.54) is 0 Å². The predicted molar refractivity (Wildman–Crippen MR) is 68.3 cm³/mol. The molecule has 0 bridgehead atoms. The zero-order valence-corrected chi connectivity index (χ0v) is 10.5. The van der Waals surface area contributed by atoms with Gasteiger partial charge in [-0.1, -0.05) is 12.2 Å². The van der Waals surface area contributed by atoms with Crippen molar-refractivity contribution < 1.29 is 14.2 Å². The van der Waals surface area contributed by atoms with E-state index in [0.29, 0.717) is 37.9 Å². The maximum absolute atomic E-state index is 5.53. The molecule has 94 valence electrons. The number of rotatable bonds is 8. The molecule has 1 rings (SSSR count). The molecule has 0 fully saturated rings. The van der Waals surface area contributed by atoms with E-state index in [9.17, 15) is 0 Å². The third kappa shape index (κ3) is 5.08. The summed E-state index contributed by atoms with van der Waals surface area (Å²) in [5.41, 5.74) is 6.03. The van der Waals surface area contributed by atoms with Crippen LogP contribution in [0.25, 0.3) is 0 Å². The Kier molecular flexibility index (Phi) is 6.46. The molecule has 1 aromatic heterocycles. The van der Waals surface area contributed by atoms with Crippen LogP contribution < -0.4 is 10.5 Å². The van der Waals surface area contributed by atoms with Crippen LogP contribution in [-0.4, -0.2) is 43.5 Å². The topological polar surface area (TPSA) is 66.6 Å². The van der Waals surface area contributed by atoms with Gasteiger partial charge in [-0.3, -0.25) is 0 Å². The van der Waals surface area contributed by atoms with Gasteiger partial charge in [0.15, 0.2) is 0 Å². The predicted octanol–water partition coefficient (Wildman–Crippen LogP) is 0.758. The largest absolute Gasteiger partial charge is 0.489 e. The Morgan fingerprint density at radius 2 is 2.12 bits per heavy atom. The number of methoxy groups -OCH3 is 1. The van der Waals surface area contributed by atoms with Gasteiger partial charge in [-0.25, -0.2) is 4.98 Å². The molecule has 0 unspecified atom stereocenters. The van der Waals surface area contributed by atoms with Gasteiger partial charge >= 0.3 is 0 Å². The van der Waals surface area contributed by atoms with Gasteiger partial charge in [-0.2, -0.15) is 0 Å². The third-order valence-corrected chi connectivity index (χ3v) is 2.11. The average molecular weight is 256 g/mol. The van der Waals surface area contributed by atoms with Gasteiger partial charge in [0.25, 0.3) is 0 Å². The molecule has 0 aliphatic heterocycles. The summed E-state index contributed by atoms with van der Waals surface area (Å²) in [5.74, 6) is 0.579. The fraction of sp³-hybridized carbons (Fsp3) is 0.455. The van der Waals surface area contributed by atoms with Gasteiger partial charge in [0.1, 0.15) is 23.0 Å². The molecular weight excluding hydrogens is 240 g/mol. The summed E-state index contributed by atoms with van der Waals surface area (Å²) in [7, 11) is 1.63. The first-order valence-electron chi connectivity index (χ1n) is 5.20. The summed E-state index contributed by atoms with van der Waals surface area (Å²) in [6.07, 6.45) is 1.62. The minimum absolute atomic E-state index is 0.223. The molecule has 0 aliphatic carbocycles. The van der Waals surface area contributed by atoms with Crippen LogP contribution in [0.5, 0.6) is 5.75 Å². The lowest BCUT2D eigenvalue weighted by atomic mass is 10.3. The monoisotopic (exact) mass is 256 g/mol. The highest BCUT2D eigenvalue weighted by Crippen LogP contribution is 2.14. The lowest BCUT2D eigenvalue weighted by Gasteiger charge is -2.09. The van der Waals surface area contributed by atoms with Gasteiger partial charge in [-0.15, -0.1) is 0 Å². The zero-order valence-electron chi connectivity index (χ0n) is 9.72. The number of ether oxygens (including phenoxy) is 3. The lowest BCUT2D eigenvalue weighted by Crippen LogP contribution is -2.15. The zero-order chi connectivity index (χ0) is 12.5. The number of nitrogens with two attached hydrogens (primary N) is 1. The first-order chi connectivity index (χ1) is 8.25. The number of aromatic nitrogens is 1. The molecule has 1 heterocycles. The minimum atomic E-state index is 0.223. The molecule has 0 saturated carbocycles. The minimum Gasteiger partial charge on any atom is -0.489 e. The number of hydrogen-bond acceptors (Lipinski definition) is 5. The van der Waals surface area contributed by atoms with Crippen molar-refractivity contribution in [2.75, 3.05) is 33.5 Å². The normalized spacial score (nSPS) is 10.2. The molecule has 0 saturated heterocycles. The molecule has 0 aliphatic rings. The van der Waals surface area contributed by atoms with E-state index in [2.05, 4.69) is 4.98 Å². The highest BCUT2D eigenvalue weighted by Gasteiger charge is 2.06. The van der Waals surface area contributed by atoms with Crippen molar-refractivity contribution in [2.24, 2.45) is 5.73 Å². The lowest BCUT2D eigenvalue weighted by molar-refractivity contribution is 0.0543. The van der Waals surface area contributed by atoms with Gasteiger partial charge in [0.05, 0.1) is 19.8 Å². The SMILES string of the molecule is COCCOCCOc1cccnc1C(N)=S. The van der Waals surface area contributed by atoms with Crippen molar-refractivity contribution in [1.82, 2.24) is 4.98 Å². The highest BCUT2D eigenvalue weighted by atomic mass is 32.1. The number of thiocarbonyl (C=S) groups is 1. The van der Waals surface area contributed by atoms with Crippen LogP contribution in [0.2, 0.25) is 0 Å². The summed E-state index contributed by atoms with van der Waals surface area (Å²) < 4.78 is 15.6. The summed E-state index contributed by atoms with van der Waals surface area (Å²) in [4.78, 5) is 4.28. The molecule has 0 aromatic carbocycles. The van der Waals surface area contributed by atoms with Crippen molar-refractivity contribution in [3.63, 3.8) is 0 Å². The van der Waals surface area contributed by atoms with Crippen LogP contribution in [0.15, 0.2) is 18.3 Å². The molecular formula is C11H16N2O3S. The Bertz CT molecular complexity index is 360. The summed E-state index contributed by atoms with van der Waals surface area (Å²) in [6, 6.07) is 3.54. The van der Waals surface area contributed by atoms with E-state index >= 15 is 0 Å². The van der Waals surface area contributed by atoms with Gasteiger partial charge in [0.2, 0.25) is 0 Å². The maximum Gasteiger partial charge on any atom is 0.148 e. The Morgan fingerprint density at radius 1 is 1.35 bits per heavy atom. The van der Waals surface area contributed by atoms with Crippen LogP contribution in [0.3, 0.4) is 0 Å². The summed E-state index contributed by atoms with van der Waals surface area (Å²) in [6.45, 7) is 2.03.